The van der Waals surface area contributed by atoms with Crippen LogP contribution in [0.25, 0.3) is 88.2 Å². The van der Waals surface area contributed by atoms with Crippen LogP contribution in [0.2, 0.25) is 0 Å². The molecule has 9 rings (SSSR count). The van der Waals surface area contributed by atoms with Gasteiger partial charge in [-0.05, 0) is 46.0 Å². The van der Waals surface area contributed by atoms with Crippen molar-refractivity contribution in [3.05, 3.63) is 146 Å². The zero-order valence-corrected chi connectivity index (χ0v) is 23.2. The lowest BCUT2D eigenvalue weighted by Crippen LogP contribution is -1.96. The fourth-order valence-corrected chi connectivity index (χ4v) is 6.39. The van der Waals surface area contributed by atoms with E-state index in [1.807, 2.05) is 30.3 Å². The Labute approximate surface area is 247 Å². The van der Waals surface area contributed by atoms with Gasteiger partial charge in [0.25, 0.3) is 0 Å². The first kappa shape index (κ1) is 23.9. The van der Waals surface area contributed by atoms with E-state index in [2.05, 4.69) is 115 Å². The monoisotopic (exact) mass is 548 g/mol. The van der Waals surface area contributed by atoms with Gasteiger partial charge in [0.05, 0.1) is 22.4 Å². The summed E-state index contributed by atoms with van der Waals surface area (Å²) in [5.74, 6) is 0. The Kier molecular flexibility index (Phi) is 5.20. The molecule has 3 heteroatoms. The maximum atomic E-state index is 6.74. The second-order valence-corrected chi connectivity index (χ2v) is 11.0. The zero-order chi connectivity index (χ0) is 28.3. The predicted octanol–water partition coefficient (Wildman–Crippen LogP) is 10.8. The van der Waals surface area contributed by atoms with Crippen LogP contribution in [0, 0.1) is 0 Å². The Morgan fingerprint density at radius 2 is 1.02 bits per heavy atom. The van der Waals surface area contributed by atoms with Gasteiger partial charge in [0.1, 0.15) is 11.2 Å². The summed E-state index contributed by atoms with van der Waals surface area (Å²) in [7, 11) is 0. The molecule has 43 heavy (non-hydrogen) atoms. The quantitative estimate of drug-likeness (QED) is 0.220. The van der Waals surface area contributed by atoms with Gasteiger partial charge < -0.3 is 4.42 Å². The first-order valence-corrected chi connectivity index (χ1v) is 14.5. The lowest BCUT2D eigenvalue weighted by Gasteiger charge is -2.14. The fraction of sp³-hybridized carbons (Fsp3) is 0. The van der Waals surface area contributed by atoms with Crippen molar-refractivity contribution in [3.8, 4) is 33.6 Å². The molecule has 7 aromatic carbocycles. The Hall–Kier alpha value is -5.80. The molecule has 2 aromatic heterocycles. The summed E-state index contributed by atoms with van der Waals surface area (Å²) in [4.78, 5) is 10.5. The molecule has 200 valence electrons. The molecule has 0 atom stereocenters. The third-order valence-corrected chi connectivity index (χ3v) is 8.44. The van der Waals surface area contributed by atoms with Crippen molar-refractivity contribution in [1.29, 1.82) is 0 Å². The van der Waals surface area contributed by atoms with Crippen molar-refractivity contribution in [1.82, 2.24) is 9.97 Å². The molecule has 3 nitrogen and oxygen atoms in total. The first-order valence-electron chi connectivity index (χ1n) is 14.5. The Balaban J connectivity index is 1.39. The molecule has 0 unspecified atom stereocenters. The maximum absolute atomic E-state index is 6.74. The number of para-hydroxylation sites is 3. The predicted molar refractivity (Wildman–Crippen MR) is 178 cm³/mol. The van der Waals surface area contributed by atoms with Crippen molar-refractivity contribution in [3.63, 3.8) is 0 Å². The molecule has 0 amide bonds. The minimum absolute atomic E-state index is 0.862. The summed E-state index contributed by atoms with van der Waals surface area (Å²) in [6.45, 7) is 0. The van der Waals surface area contributed by atoms with Gasteiger partial charge >= 0.3 is 0 Å². The molecule has 0 saturated heterocycles. The van der Waals surface area contributed by atoms with Crippen LogP contribution in [-0.4, -0.2) is 9.97 Å². The van der Waals surface area contributed by atoms with E-state index >= 15 is 0 Å². The van der Waals surface area contributed by atoms with Gasteiger partial charge in [-0.3, -0.25) is 0 Å². The summed E-state index contributed by atoms with van der Waals surface area (Å²) in [6.07, 6.45) is 0. The standard InChI is InChI=1S/C40H24N2O/c1-2-12-26(13-3-1)29-17-10-18-32-34-24-33(30-15-6-7-16-31(30)40(34)43-39(29)32)38-37(41-35-19-8-9-20-36(35)42-38)28-22-21-25-11-4-5-14-27(25)23-28/h1-24H. The number of fused-ring (bicyclic) bond motifs is 7. The third kappa shape index (κ3) is 3.75. The molecule has 0 radical (unpaired) electrons. The zero-order valence-electron chi connectivity index (χ0n) is 23.2. The normalized spacial score (nSPS) is 11.7. The minimum Gasteiger partial charge on any atom is -0.455 e. The second kappa shape index (κ2) is 9.37. The van der Waals surface area contributed by atoms with E-state index in [1.54, 1.807) is 0 Å². The molecular weight excluding hydrogens is 524 g/mol. The van der Waals surface area contributed by atoms with Crippen LogP contribution in [0.4, 0.5) is 0 Å². The van der Waals surface area contributed by atoms with Crippen LogP contribution in [0.1, 0.15) is 0 Å². The molecule has 0 bridgehead atoms. The molecule has 0 saturated carbocycles. The third-order valence-electron chi connectivity index (χ3n) is 8.44. The van der Waals surface area contributed by atoms with E-state index in [1.165, 1.54) is 10.8 Å². The van der Waals surface area contributed by atoms with Crippen molar-refractivity contribution < 1.29 is 4.42 Å². The van der Waals surface area contributed by atoms with Gasteiger partial charge in [-0.1, -0.05) is 121 Å². The molecular formula is C40H24N2O. The van der Waals surface area contributed by atoms with Gasteiger partial charge in [0, 0.05) is 32.8 Å². The van der Waals surface area contributed by atoms with E-state index in [9.17, 15) is 0 Å². The largest absolute Gasteiger partial charge is 0.455 e. The van der Waals surface area contributed by atoms with Crippen molar-refractivity contribution >= 4 is 54.5 Å². The van der Waals surface area contributed by atoms with Gasteiger partial charge in [-0.2, -0.15) is 0 Å². The average molecular weight is 549 g/mol. The average Bonchev–Trinajstić information content (AvgIpc) is 3.46. The number of rotatable bonds is 3. The fourth-order valence-electron chi connectivity index (χ4n) is 6.39. The molecule has 0 fully saturated rings. The van der Waals surface area contributed by atoms with Crippen molar-refractivity contribution in [2.75, 3.05) is 0 Å². The number of hydrogen-bond acceptors (Lipinski definition) is 3. The van der Waals surface area contributed by atoms with E-state index in [0.29, 0.717) is 0 Å². The Bertz CT molecular complexity index is 2510. The van der Waals surface area contributed by atoms with Crippen LogP contribution in [-0.2, 0) is 0 Å². The molecule has 9 aromatic rings. The number of furan rings is 1. The highest BCUT2D eigenvalue weighted by Crippen LogP contribution is 2.44. The highest BCUT2D eigenvalue weighted by atomic mass is 16.3. The topological polar surface area (TPSA) is 38.9 Å². The Morgan fingerprint density at radius 3 is 1.86 bits per heavy atom. The van der Waals surface area contributed by atoms with Crippen LogP contribution >= 0.6 is 0 Å². The van der Waals surface area contributed by atoms with Gasteiger partial charge in [-0.15, -0.1) is 0 Å². The van der Waals surface area contributed by atoms with Crippen LogP contribution < -0.4 is 0 Å². The molecule has 0 spiro atoms. The van der Waals surface area contributed by atoms with Gasteiger partial charge in [0.2, 0.25) is 0 Å². The number of nitrogens with zero attached hydrogens (tertiary/aromatic N) is 2. The lowest BCUT2D eigenvalue weighted by atomic mass is 9.94. The molecule has 0 aliphatic carbocycles. The number of aromatic nitrogens is 2. The Morgan fingerprint density at radius 1 is 0.372 bits per heavy atom. The highest BCUT2D eigenvalue weighted by Gasteiger charge is 2.21. The summed E-state index contributed by atoms with van der Waals surface area (Å²) in [5.41, 5.74) is 9.56. The molecule has 0 aliphatic rings. The van der Waals surface area contributed by atoms with E-state index in [-0.39, 0.29) is 0 Å². The smallest absolute Gasteiger partial charge is 0.143 e. The summed E-state index contributed by atoms with van der Waals surface area (Å²) in [6, 6.07) is 50.7. The number of hydrogen-bond donors (Lipinski definition) is 0. The van der Waals surface area contributed by atoms with Gasteiger partial charge in [0.15, 0.2) is 0 Å². The van der Waals surface area contributed by atoms with Crippen LogP contribution in [0.15, 0.2) is 150 Å². The van der Waals surface area contributed by atoms with E-state index in [4.69, 9.17) is 14.4 Å². The van der Waals surface area contributed by atoms with E-state index in [0.717, 1.165) is 77.4 Å². The molecule has 0 aliphatic heterocycles. The highest BCUT2D eigenvalue weighted by molar-refractivity contribution is 6.21. The van der Waals surface area contributed by atoms with Crippen molar-refractivity contribution in [2.24, 2.45) is 0 Å². The summed E-state index contributed by atoms with van der Waals surface area (Å²) >= 11 is 0. The lowest BCUT2D eigenvalue weighted by molar-refractivity contribution is 0.674. The molecule has 0 N–H and O–H groups in total. The van der Waals surface area contributed by atoms with Gasteiger partial charge in [-0.25, -0.2) is 9.97 Å². The second-order valence-electron chi connectivity index (χ2n) is 11.0. The van der Waals surface area contributed by atoms with Crippen molar-refractivity contribution in [2.45, 2.75) is 0 Å². The van der Waals surface area contributed by atoms with E-state index < -0.39 is 0 Å². The minimum atomic E-state index is 0.862. The SMILES string of the molecule is c1ccc(-c2cccc3c2oc2c4ccccc4c(-c4nc5ccccc5nc4-c4ccc5ccccc5c4)cc32)cc1. The first-order chi connectivity index (χ1) is 21.3. The number of benzene rings is 7. The van der Waals surface area contributed by atoms with Crippen LogP contribution in [0.5, 0.6) is 0 Å². The molecule has 2 heterocycles. The maximum Gasteiger partial charge on any atom is 0.143 e. The van der Waals surface area contributed by atoms with Crippen LogP contribution in [0.3, 0.4) is 0 Å². The summed E-state index contributed by atoms with van der Waals surface area (Å²) < 4.78 is 6.74. The summed E-state index contributed by atoms with van der Waals surface area (Å²) in [5, 5.41) is 6.68.